The molecule has 0 aliphatic rings. The lowest BCUT2D eigenvalue weighted by Crippen LogP contribution is -2.21. The number of benzene rings is 3. The van der Waals surface area contributed by atoms with Crippen molar-refractivity contribution in [2.24, 2.45) is 7.05 Å². The molecule has 0 radical (unpaired) electrons. The number of aliphatic carboxylic acids is 1. The van der Waals surface area contributed by atoms with Gasteiger partial charge in [0.25, 0.3) is 0 Å². The van der Waals surface area contributed by atoms with Crippen LogP contribution in [0.25, 0.3) is 22.0 Å². The Kier molecular flexibility index (Phi) is 7.20. The summed E-state index contributed by atoms with van der Waals surface area (Å²) in [5.41, 5.74) is 2.95. The van der Waals surface area contributed by atoms with Gasteiger partial charge in [-0.05, 0) is 18.2 Å². The maximum absolute atomic E-state index is 12.2. The Morgan fingerprint density at radius 3 is 2.15 bits per heavy atom. The Morgan fingerprint density at radius 1 is 0.941 bits per heavy atom. The first-order chi connectivity index (χ1) is 16.1. The smallest absolute Gasteiger partial charge is 0.475 e. The lowest BCUT2D eigenvalue weighted by atomic mass is 10.0. The molecule has 0 atom stereocenters. The molecule has 0 aliphatic carbocycles. The third kappa shape index (κ3) is 5.34. The summed E-state index contributed by atoms with van der Waals surface area (Å²) in [6.45, 7) is 0. The highest BCUT2D eigenvalue weighted by Crippen LogP contribution is 2.37. The molecule has 0 saturated heterocycles. The summed E-state index contributed by atoms with van der Waals surface area (Å²) in [5, 5.41) is 12.4. The number of aromatic nitrogens is 2. The number of fused-ring (bicyclic) bond motifs is 1. The Balaban J connectivity index is 0.000000476. The largest absolute Gasteiger partial charge is 0.490 e. The number of hydrogen-bond donors (Lipinski definition) is 1. The third-order valence-corrected chi connectivity index (χ3v) is 4.63. The van der Waals surface area contributed by atoms with Gasteiger partial charge in [0.05, 0.1) is 7.11 Å². The number of carboxylic acid groups (broad SMARTS) is 1. The van der Waals surface area contributed by atoms with Gasteiger partial charge >= 0.3 is 18.1 Å². The van der Waals surface area contributed by atoms with Gasteiger partial charge < -0.3 is 14.6 Å². The number of carbonyl (C=O) groups excluding carboxylic acids is 1. The average Bonchev–Trinajstić information content (AvgIpc) is 3.15. The van der Waals surface area contributed by atoms with Crippen molar-refractivity contribution in [3.8, 4) is 22.6 Å². The fourth-order valence-corrected chi connectivity index (χ4v) is 3.17. The van der Waals surface area contributed by atoms with E-state index in [9.17, 15) is 18.0 Å². The van der Waals surface area contributed by atoms with Crippen molar-refractivity contribution < 1.29 is 38.8 Å². The maximum atomic E-state index is 12.2. The summed E-state index contributed by atoms with van der Waals surface area (Å²) in [7, 11) is 3.11. The zero-order valence-corrected chi connectivity index (χ0v) is 18.0. The van der Waals surface area contributed by atoms with E-state index in [4.69, 9.17) is 19.4 Å². The van der Waals surface area contributed by atoms with Crippen LogP contribution in [-0.4, -0.2) is 40.1 Å². The molecule has 7 nitrogen and oxygen atoms in total. The van der Waals surface area contributed by atoms with Crippen molar-refractivity contribution in [1.29, 1.82) is 0 Å². The highest BCUT2D eigenvalue weighted by atomic mass is 19.4. The molecule has 0 fully saturated rings. The number of esters is 1. The molecule has 1 N–H and O–H groups in total. The number of ether oxygens (including phenoxy) is 2. The van der Waals surface area contributed by atoms with Crippen LogP contribution in [0.5, 0.6) is 11.5 Å². The monoisotopic (exact) mass is 474 g/mol. The van der Waals surface area contributed by atoms with Gasteiger partial charge in [0, 0.05) is 25.0 Å². The zero-order valence-electron chi connectivity index (χ0n) is 18.0. The Hall–Kier alpha value is -4.34. The van der Waals surface area contributed by atoms with Crippen LogP contribution < -0.4 is 4.74 Å². The van der Waals surface area contributed by atoms with Gasteiger partial charge in [0.2, 0.25) is 0 Å². The first-order valence-corrected chi connectivity index (χ1v) is 9.80. The number of aryl methyl sites for hydroxylation is 1. The predicted molar refractivity (Wildman–Crippen MR) is 120 cm³/mol. The predicted octanol–water partition coefficient (Wildman–Crippen LogP) is 5.70. The minimum Gasteiger partial charge on any atom is -0.475 e. The summed E-state index contributed by atoms with van der Waals surface area (Å²) < 4.78 is 44.3. The van der Waals surface area contributed by atoms with Crippen LogP contribution in [0.2, 0.25) is 0 Å². The fourth-order valence-electron chi connectivity index (χ4n) is 3.17. The minimum absolute atomic E-state index is 0. The van der Waals surface area contributed by atoms with Crippen LogP contribution in [0.15, 0.2) is 72.8 Å². The van der Waals surface area contributed by atoms with Gasteiger partial charge in [0.15, 0.2) is 5.69 Å². The molecular weight excluding hydrogens is 453 g/mol. The van der Waals surface area contributed by atoms with Crippen molar-refractivity contribution >= 4 is 22.8 Å². The SMILES string of the molecule is COC(=O)c1c2cccc(-c3ccccc3Oc3ccccc3)c2nn1C.O=C(O)C(F)(F)F.[HH]. The molecule has 178 valence electrons. The van der Waals surface area contributed by atoms with Crippen molar-refractivity contribution in [3.05, 3.63) is 78.5 Å². The quantitative estimate of drug-likeness (QED) is 0.382. The lowest BCUT2D eigenvalue weighted by molar-refractivity contribution is -0.192. The number of methoxy groups -OCH3 is 1. The van der Waals surface area contributed by atoms with Gasteiger partial charge in [-0.2, -0.15) is 18.3 Å². The van der Waals surface area contributed by atoms with E-state index in [2.05, 4.69) is 5.10 Å². The van der Waals surface area contributed by atoms with E-state index in [1.54, 1.807) is 11.7 Å². The van der Waals surface area contributed by atoms with E-state index in [0.29, 0.717) is 5.69 Å². The zero-order chi connectivity index (χ0) is 24.9. The second kappa shape index (κ2) is 10.1. The van der Waals surface area contributed by atoms with Crippen LogP contribution in [0, 0.1) is 0 Å². The van der Waals surface area contributed by atoms with Crippen LogP contribution in [0.4, 0.5) is 13.2 Å². The van der Waals surface area contributed by atoms with Crippen molar-refractivity contribution in [2.75, 3.05) is 7.11 Å². The molecule has 0 amide bonds. The van der Waals surface area contributed by atoms with E-state index in [1.807, 2.05) is 72.8 Å². The summed E-state index contributed by atoms with van der Waals surface area (Å²) in [4.78, 5) is 21.1. The molecule has 4 aromatic rings. The lowest BCUT2D eigenvalue weighted by Gasteiger charge is -2.11. The van der Waals surface area contributed by atoms with Crippen molar-refractivity contribution in [1.82, 2.24) is 9.78 Å². The standard InChI is InChI=1S/C22H18N2O3.C2HF3O2.H2/c1-24-21(22(25)26-2)18-13-8-12-17(20(18)23-24)16-11-6-7-14-19(16)27-15-9-4-3-5-10-15;3-2(4,5)1(6)7;/h3-14H,1-2H3;(H,6,7);1H. The van der Waals surface area contributed by atoms with E-state index in [0.717, 1.165) is 33.5 Å². The molecule has 4 rings (SSSR count). The number of halogens is 3. The number of rotatable bonds is 4. The van der Waals surface area contributed by atoms with E-state index in [-0.39, 0.29) is 1.43 Å². The fraction of sp³-hybridized carbons (Fsp3) is 0.125. The summed E-state index contributed by atoms with van der Waals surface area (Å²) in [5.74, 6) is -1.69. The molecule has 0 unspecified atom stereocenters. The summed E-state index contributed by atoms with van der Waals surface area (Å²) >= 11 is 0. The minimum atomic E-state index is -5.08. The number of nitrogens with zero attached hydrogens (tertiary/aromatic N) is 2. The van der Waals surface area contributed by atoms with Crippen LogP contribution in [0.3, 0.4) is 0 Å². The van der Waals surface area contributed by atoms with E-state index >= 15 is 0 Å². The first kappa shape index (κ1) is 24.3. The second-order valence-electron chi connectivity index (χ2n) is 6.88. The summed E-state index contributed by atoms with van der Waals surface area (Å²) in [6, 6.07) is 23.2. The first-order valence-electron chi connectivity index (χ1n) is 9.80. The number of para-hydroxylation sites is 2. The van der Waals surface area contributed by atoms with E-state index < -0.39 is 18.1 Å². The molecule has 0 spiro atoms. The van der Waals surface area contributed by atoms with E-state index in [1.165, 1.54) is 7.11 Å². The van der Waals surface area contributed by atoms with Crippen LogP contribution in [-0.2, 0) is 16.6 Å². The molecule has 1 heterocycles. The highest BCUT2D eigenvalue weighted by molar-refractivity contribution is 6.06. The number of carboxylic acids is 1. The van der Waals surface area contributed by atoms with Gasteiger partial charge in [-0.1, -0.05) is 54.6 Å². The number of hydrogen-bond acceptors (Lipinski definition) is 5. The number of alkyl halides is 3. The molecule has 10 heteroatoms. The molecule has 1 aromatic heterocycles. The molecule has 3 aromatic carbocycles. The normalized spacial score (nSPS) is 10.9. The number of carbonyl (C=O) groups is 2. The maximum Gasteiger partial charge on any atom is 0.490 e. The van der Waals surface area contributed by atoms with Gasteiger partial charge in [-0.25, -0.2) is 9.59 Å². The Bertz CT molecular complexity index is 1320. The molecule has 0 aliphatic heterocycles. The Morgan fingerprint density at radius 2 is 1.53 bits per heavy atom. The molecular formula is C24H21F3N2O5. The Labute approximate surface area is 193 Å². The van der Waals surface area contributed by atoms with Gasteiger partial charge in [0.1, 0.15) is 17.0 Å². The topological polar surface area (TPSA) is 90.7 Å². The molecule has 0 bridgehead atoms. The van der Waals surface area contributed by atoms with Crippen molar-refractivity contribution in [3.63, 3.8) is 0 Å². The molecule has 34 heavy (non-hydrogen) atoms. The highest BCUT2D eigenvalue weighted by Gasteiger charge is 2.38. The van der Waals surface area contributed by atoms with Crippen molar-refractivity contribution in [2.45, 2.75) is 6.18 Å². The average molecular weight is 474 g/mol. The summed E-state index contributed by atoms with van der Waals surface area (Å²) in [6.07, 6.45) is -5.08. The van der Waals surface area contributed by atoms with Crippen LogP contribution in [0.1, 0.15) is 11.9 Å². The van der Waals surface area contributed by atoms with Gasteiger partial charge in [-0.15, -0.1) is 0 Å². The third-order valence-electron chi connectivity index (χ3n) is 4.63. The van der Waals surface area contributed by atoms with Crippen LogP contribution >= 0.6 is 0 Å². The second-order valence-corrected chi connectivity index (χ2v) is 6.88. The van der Waals surface area contributed by atoms with Gasteiger partial charge in [-0.3, -0.25) is 4.68 Å². The molecule has 0 saturated carbocycles.